The molecule has 2 heterocycles. The Kier molecular flexibility index (Phi) is 8.60. The lowest BCUT2D eigenvalue weighted by atomic mass is 9.64. The fraction of sp³-hybridized carbons (Fsp3) is 0.517. The molecule has 1 saturated heterocycles. The molecular weight excluding hydrogens is 526 g/mol. The molecule has 2 aromatic rings. The van der Waals surface area contributed by atoms with Crippen LogP contribution in [-0.2, 0) is 10.2 Å². The largest absolute Gasteiger partial charge is 0.338 e. The maximum Gasteiger partial charge on any atom is 0.317 e. The van der Waals surface area contributed by atoms with Gasteiger partial charge in [-0.3, -0.25) is 4.79 Å². The zero-order chi connectivity index (χ0) is 27.7. The lowest BCUT2D eigenvalue weighted by Crippen LogP contribution is -2.54. The van der Waals surface area contributed by atoms with Crippen molar-refractivity contribution in [1.29, 1.82) is 0 Å². The minimum atomic E-state index is -1.29. The van der Waals surface area contributed by atoms with Gasteiger partial charge in [0.25, 0.3) is 0 Å². The molecule has 0 spiro atoms. The average Bonchev–Trinajstić information content (AvgIpc) is 3.12. The van der Waals surface area contributed by atoms with E-state index in [-0.39, 0.29) is 34.5 Å². The van der Waals surface area contributed by atoms with E-state index in [1.807, 2.05) is 33.8 Å². The molecule has 2 aliphatic heterocycles. The molecule has 0 aromatic heterocycles. The van der Waals surface area contributed by atoms with Crippen molar-refractivity contribution in [3.8, 4) is 0 Å². The lowest BCUT2D eigenvalue weighted by molar-refractivity contribution is -0.124. The number of benzene rings is 2. The van der Waals surface area contributed by atoms with Crippen LogP contribution in [0.3, 0.4) is 0 Å². The van der Waals surface area contributed by atoms with Crippen molar-refractivity contribution in [2.45, 2.75) is 58.4 Å². The maximum absolute atomic E-state index is 15.9. The van der Waals surface area contributed by atoms with Crippen molar-refractivity contribution in [2.75, 3.05) is 31.5 Å². The Labute approximate surface area is 234 Å². The van der Waals surface area contributed by atoms with Gasteiger partial charge < -0.3 is 20.9 Å². The molecule has 0 bridgehead atoms. The molecule has 6 nitrogen and oxygen atoms in total. The van der Waals surface area contributed by atoms with Crippen molar-refractivity contribution < 1.29 is 14.0 Å². The first-order chi connectivity index (χ1) is 18.0. The number of amides is 3. The molecule has 38 heavy (non-hydrogen) atoms. The number of rotatable bonds is 7. The van der Waals surface area contributed by atoms with Crippen molar-refractivity contribution in [3.05, 3.63) is 63.4 Å². The molecule has 0 saturated carbocycles. The van der Waals surface area contributed by atoms with Crippen molar-refractivity contribution >= 4 is 40.8 Å². The summed E-state index contributed by atoms with van der Waals surface area (Å²) in [6.45, 7) is 10.6. The number of urea groups is 1. The highest BCUT2D eigenvalue weighted by Gasteiger charge is 2.57. The Morgan fingerprint density at radius 2 is 1.92 bits per heavy atom. The summed E-state index contributed by atoms with van der Waals surface area (Å²) in [6.07, 6.45) is 2.31. The minimum absolute atomic E-state index is 0.0562. The summed E-state index contributed by atoms with van der Waals surface area (Å²) in [5.74, 6) is -0.563. The lowest BCUT2D eigenvalue weighted by Gasteiger charge is -2.45. The number of piperidine rings is 1. The number of anilines is 1. The topological polar surface area (TPSA) is 73.5 Å². The van der Waals surface area contributed by atoms with Gasteiger partial charge in [0.15, 0.2) is 0 Å². The van der Waals surface area contributed by atoms with E-state index in [2.05, 4.69) is 16.0 Å². The number of carbonyl (C=O) groups is 2. The van der Waals surface area contributed by atoms with E-state index in [1.165, 1.54) is 6.07 Å². The second-order valence-electron chi connectivity index (χ2n) is 11.6. The Morgan fingerprint density at radius 1 is 1.21 bits per heavy atom. The van der Waals surface area contributed by atoms with Crippen LogP contribution in [0.1, 0.15) is 64.1 Å². The fourth-order valence-corrected chi connectivity index (χ4v) is 6.39. The Balaban J connectivity index is 1.88. The van der Waals surface area contributed by atoms with Gasteiger partial charge in [0, 0.05) is 29.4 Å². The quantitative estimate of drug-likeness (QED) is 0.359. The molecule has 0 radical (unpaired) electrons. The van der Waals surface area contributed by atoms with Gasteiger partial charge in [0.2, 0.25) is 5.91 Å². The summed E-state index contributed by atoms with van der Waals surface area (Å²) in [4.78, 5) is 29.6. The summed E-state index contributed by atoms with van der Waals surface area (Å²) in [6, 6.07) is 8.73. The van der Waals surface area contributed by atoms with Gasteiger partial charge in [0.05, 0.1) is 11.1 Å². The molecule has 206 valence electrons. The van der Waals surface area contributed by atoms with E-state index >= 15 is 4.39 Å². The van der Waals surface area contributed by atoms with Crippen molar-refractivity contribution in [2.24, 2.45) is 11.3 Å². The monoisotopic (exact) mass is 562 g/mol. The molecular formula is C29H37Cl2FN4O2. The van der Waals surface area contributed by atoms with Gasteiger partial charge in [0.1, 0.15) is 11.2 Å². The van der Waals surface area contributed by atoms with Crippen LogP contribution < -0.4 is 16.0 Å². The molecule has 1 fully saturated rings. The third kappa shape index (κ3) is 5.65. The van der Waals surface area contributed by atoms with E-state index in [1.54, 1.807) is 29.2 Å². The number of nitrogens with zero attached hydrogens (tertiary/aromatic N) is 1. The normalized spacial score (nSPS) is 20.6. The van der Waals surface area contributed by atoms with Crippen LogP contribution in [0.2, 0.25) is 10.0 Å². The standard InChI is InChI=1S/C29H37Cl2FN4O2/c1-5-36(27(38)34-16-18-11-13-33-14-12-18)25(20-7-6-8-22(31)24(20)32)29(17-28(2,3)4)21-10-9-19(30)15-23(21)35-26(29)37/h6-10,15,18,25,33H,5,11-14,16-17H2,1-4H3,(H,34,38)(H,35,37)/t25?,29-/m0/s1. The van der Waals surface area contributed by atoms with Crippen LogP contribution in [0.5, 0.6) is 0 Å². The maximum atomic E-state index is 15.9. The second-order valence-corrected chi connectivity index (χ2v) is 12.4. The summed E-state index contributed by atoms with van der Waals surface area (Å²) in [5.41, 5.74) is -0.164. The van der Waals surface area contributed by atoms with Gasteiger partial charge in [-0.15, -0.1) is 0 Å². The average molecular weight is 564 g/mol. The fourth-order valence-electron chi connectivity index (χ4n) is 6.04. The van der Waals surface area contributed by atoms with Gasteiger partial charge in [-0.1, -0.05) is 62.2 Å². The number of hydrogen-bond acceptors (Lipinski definition) is 3. The summed E-state index contributed by atoms with van der Waals surface area (Å²) >= 11 is 12.6. The van der Waals surface area contributed by atoms with Crippen LogP contribution in [0, 0.1) is 17.2 Å². The van der Waals surface area contributed by atoms with Crippen molar-refractivity contribution in [3.63, 3.8) is 0 Å². The van der Waals surface area contributed by atoms with Crippen LogP contribution in [0.4, 0.5) is 14.9 Å². The van der Waals surface area contributed by atoms with E-state index in [9.17, 15) is 9.59 Å². The first-order valence-electron chi connectivity index (χ1n) is 13.3. The molecule has 4 rings (SSSR count). The molecule has 2 aliphatic rings. The molecule has 2 aromatic carbocycles. The second kappa shape index (κ2) is 11.4. The molecule has 9 heteroatoms. The van der Waals surface area contributed by atoms with Crippen LogP contribution >= 0.6 is 23.2 Å². The third-order valence-corrected chi connectivity index (χ3v) is 8.11. The molecule has 3 N–H and O–H groups in total. The summed E-state index contributed by atoms with van der Waals surface area (Å²) in [5, 5.41) is 9.85. The SMILES string of the molecule is CCN(C(=O)NCC1CCNCC1)C(c1cccc(Cl)c1F)[C@@]1(CC(C)(C)C)C(=O)Nc2cc(Cl)ccc21. The number of likely N-dealkylation sites (N-methyl/N-ethyl adjacent to an activating group) is 1. The highest BCUT2D eigenvalue weighted by molar-refractivity contribution is 6.31. The molecule has 2 atom stereocenters. The Bertz CT molecular complexity index is 1200. The van der Waals surface area contributed by atoms with E-state index in [4.69, 9.17) is 23.2 Å². The van der Waals surface area contributed by atoms with E-state index in [0.717, 1.165) is 25.9 Å². The van der Waals surface area contributed by atoms with Gasteiger partial charge >= 0.3 is 6.03 Å². The zero-order valence-electron chi connectivity index (χ0n) is 22.5. The molecule has 1 unspecified atom stereocenters. The van der Waals surface area contributed by atoms with Gasteiger partial charge in [-0.2, -0.15) is 0 Å². The zero-order valence-corrected chi connectivity index (χ0v) is 24.0. The summed E-state index contributed by atoms with van der Waals surface area (Å²) in [7, 11) is 0. The van der Waals surface area contributed by atoms with E-state index in [0.29, 0.717) is 35.2 Å². The Hall–Kier alpha value is -2.35. The van der Waals surface area contributed by atoms with Crippen molar-refractivity contribution in [1.82, 2.24) is 15.5 Å². The highest BCUT2D eigenvalue weighted by atomic mass is 35.5. The first kappa shape index (κ1) is 28.7. The van der Waals surface area contributed by atoms with Crippen LogP contribution in [0.15, 0.2) is 36.4 Å². The smallest absolute Gasteiger partial charge is 0.317 e. The molecule has 3 amide bonds. The van der Waals surface area contributed by atoms with Crippen LogP contribution in [0.25, 0.3) is 0 Å². The molecule has 0 aliphatic carbocycles. The predicted molar refractivity (Wildman–Crippen MR) is 151 cm³/mol. The number of nitrogens with one attached hydrogen (secondary N) is 3. The number of fused-ring (bicyclic) bond motifs is 1. The van der Waals surface area contributed by atoms with E-state index < -0.39 is 17.3 Å². The first-order valence-corrected chi connectivity index (χ1v) is 14.0. The number of hydrogen-bond donors (Lipinski definition) is 3. The summed E-state index contributed by atoms with van der Waals surface area (Å²) < 4.78 is 15.9. The minimum Gasteiger partial charge on any atom is -0.338 e. The van der Waals surface area contributed by atoms with Gasteiger partial charge in [-0.25, -0.2) is 9.18 Å². The predicted octanol–water partition coefficient (Wildman–Crippen LogP) is 6.53. The number of halogens is 3. The third-order valence-electron chi connectivity index (χ3n) is 7.58. The van der Waals surface area contributed by atoms with Gasteiger partial charge in [-0.05, 0) is 74.4 Å². The number of carbonyl (C=O) groups excluding carboxylic acids is 2. The van der Waals surface area contributed by atoms with Crippen LogP contribution in [-0.4, -0.2) is 43.0 Å². The Morgan fingerprint density at radius 3 is 2.58 bits per heavy atom. The highest BCUT2D eigenvalue weighted by Crippen LogP contribution is 2.55.